The van der Waals surface area contributed by atoms with Crippen molar-refractivity contribution in [2.75, 3.05) is 51.3 Å². The highest BCUT2D eigenvalue weighted by Gasteiger charge is 2.26. The van der Waals surface area contributed by atoms with Gasteiger partial charge in [-0.3, -0.25) is 14.3 Å². The van der Waals surface area contributed by atoms with Crippen LogP contribution in [-0.2, 0) is 19.5 Å². The molecule has 0 radical (unpaired) electrons. The number of benzene rings is 2. The Bertz CT molecular complexity index is 1170. The number of anilines is 1. The zero-order valence-corrected chi connectivity index (χ0v) is 20.3. The van der Waals surface area contributed by atoms with E-state index >= 15 is 0 Å². The van der Waals surface area contributed by atoms with Gasteiger partial charge in [-0.15, -0.1) is 0 Å². The van der Waals surface area contributed by atoms with E-state index in [9.17, 15) is 18.0 Å². The smallest absolute Gasteiger partial charge is 0.261 e. The lowest BCUT2D eigenvalue weighted by molar-refractivity contribution is 0.0300. The van der Waals surface area contributed by atoms with E-state index in [2.05, 4.69) is 10.0 Å². The standard InChI is InChI=1S/C24H29N3O7S/c1-32-22-9-8-18(15-20(22)24(29)27-10-13-33-14-11-27)35(30,31)26-21-7-3-2-6-19(21)23(28)25-16-17-5-4-12-34-17/h2-3,6-9,15,17,26H,4-5,10-14,16H2,1H3,(H,25,28)/t17-/m0/s1. The fourth-order valence-corrected chi connectivity index (χ4v) is 5.14. The molecule has 188 valence electrons. The second-order valence-corrected chi connectivity index (χ2v) is 9.95. The largest absolute Gasteiger partial charge is 0.496 e. The molecule has 2 amide bonds. The van der Waals surface area contributed by atoms with Gasteiger partial charge in [0.15, 0.2) is 0 Å². The number of carbonyl (C=O) groups excluding carboxylic acids is 2. The Morgan fingerprint density at radius 3 is 2.57 bits per heavy atom. The van der Waals surface area contributed by atoms with Crippen LogP contribution in [0.2, 0.25) is 0 Å². The van der Waals surface area contributed by atoms with Crippen LogP contribution in [-0.4, -0.2) is 77.8 Å². The molecule has 2 aliphatic rings. The SMILES string of the molecule is COc1ccc(S(=O)(=O)Nc2ccccc2C(=O)NC[C@@H]2CCCO2)cc1C(=O)N1CCOCC1. The van der Waals surface area contributed by atoms with Crippen LogP contribution in [0.25, 0.3) is 0 Å². The number of nitrogens with zero attached hydrogens (tertiary/aromatic N) is 1. The molecule has 2 fully saturated rings. The Kier molecular flexibility index (Phi) is 7.89. The van der Waals surface area contributed by atoms with E-state index in [1.54, 1.807) is 23.1 Å². The van der Waals surface area contributed by atoms with Crippen molar-refractivity contribution in [2.24, 2.45) is 0 Å². The fourth-order valence-electron chi connectivity index (χ4n) is 4.04. The molecule has 2 saturated heterocycles. The number of carbonyl (C=O) groups is 2. The predicted molar refractivity (Wildman–Crippen MR) is 128 cm³/mol. The van der Waals surface area contributed by atoms with Crippen molar-refractivity contribution in [1.29, 1.82) is 0 Å². The Labute approximate surface area is 204 Å². The lowest BCUT2D eigenvalue weighted by atomic mass is 10.1. The van der Waals surface area contributed by atoms with Gasteiger partial charge in [0.05, 0.1) is 48.1 Å². The molecule has 4 rings (SSSR count). The number of rotatable bonds is 8. The molecular formula is C24H29N3O7S. The zero-order chi connectivity index (χ0) is 24.8. The third-order valence-corrected chi connectivity index (χ3v) is 7.30. The summed E-state index contributed by atoms with van der Waals surface area (Å²) in [5.41, 5.74) is 0.460. The quantitative estimate of drug-likeness (QED) is 0.564. The summed E-state index contributed by atoms with van der Waals surface area (Å²) in [7, 11) is -2.70. The van der Waals surface area contributed by atoms with Crippen LogP contribution in [0.3, 0.4) is 0 Å². The second kappa shape index (κ2) is 11.1. The van der Waals surface area contributed by atoms with Gasteiger partial charge in [-0.1, -0.05) is 12.1 Å². The number of para-hydroxylation sites is 1. The zero-order valence-electron chi connectivity index (χ0n) is 19.5. The van der Waals surface area contributed by atoms with Crippen molar-refractivity contribution < 1.29 is 32.2 Å². The summed E-state index contributed by atoms with van der Waals surface area (Å²) in [4.78, 5) is 27.3. The van der Waals surface area contributed by atoms with Gasteiger partial charge in [-0.05, 0) is 43.2 Å². The van der Waals surface area contributed by atoms with Crippen molar-refractivity contribution in [3.63, 3.8) is 0 Å². The average Bonchev–Trinajstić information content (AvgIpc) is 3.41. The molecule has 2 N–H and O–H groups in total. The van der Waals surface area contributed by atoms with Crippen molar-refractivity contribution in [1.82, 2.24) is 10.2 Å². The van der Waals surface area contributed by atoms with E-state index in [1.165, 1.54) is 31.4 Å². The summed E-state index contributed by atoms with van der Waals surface area (Å²) >= 11 is 0. The van der Waals surface area contributed by atoms with E-state index < -0.39 is 15.9 Å². The summed E-state index contributed by atoms with van der Waals surface area (Å²) < 4.78 is 45.1. The molecule has 35 heavy (non-hydrogen) atoms. The molecule has 0 aromatic heterocycles. The van der Waals surface area contributed by atoms with Crippen molar-refractivity contribution in [2.45, 2.75) is 23.8 Å². The number of sulfonamides is 1. The first kappa shape index (κ1) is 25.0. The van der Waals surface area contributed by atoms with Crippen LogP contribution >= 0.6 is 0 Å². The summed E-state index contributed by atoms with van der Waals surface area (Å²) in [6.07, 6.45) is 1.79. The van der Waals surface area contributed by atoms with Gasteiger partial charge in [0.1, 0.15) is 5.75 Å². The molecule has 1 atom stereocenters. The predicted octanol–water partition coefficient (Wildman–Crippen LogP) is 1.88. The molecule has 2 aromatic carbocycles. The van der Waals surface area contributed by atoms with Crippen LogP contribution in [0, 0.1) is 0 Å². The van der Waals surface area contributed by atoms with Crippen molar-refractivity contribution in [3.8, 4) is 5.75 Å². The van der Waals surface area contributed by atoms with E-state index in [0.29, 0.717) is 39.5 Å². The van der Waals surface area contributed by atoms with E-state index in [-0.39, 0.29) is 39.5 Å². The molecule has 0 bridgehead atoms. The van der Waals surface area contributed by atoms with E-state index in [0.717, 1.165) is 12.8 Å². The number of amides is 2. The fraction of sp³-hybridized carbons (Fsp3) is 0.417. The maximum Gasteiger partial charge on any atom is 0.261 e. The third-order valence-electron chi connectivity index (χ3n) is 5.94. The number of nitrogens with one attached hydrogen (secondary N) is 2. The van der Waals surface area contributed by atoms with Crippen LogP contribution in [0.1, 0.15) is 33.6 Å². The first-order chi connectivity index (χ1) is 16.9. The minimum Gasteiger partial charge on any atom is -0.496 e. The van der Waals surface area contributed by atoms with Gasteiger partial charge in [0, 0.05) is 26.2 Å². The number of hydrogen-bond acceptors (Lipinski definition) is 7. The third kappa shape index (κ3) is 5.92. The van der Waals surface area contributed by atoms with Crippen molar-refractivity contribution >= 4 is 27.5 Å². The molecular weight excluding hydrogens is 474 g/mol. The van der Waals surface area contributed by atoms with E-state index in [1.807, 2.05) is 0 Å². The van der Waals surface area contributed by atoms with Crippen LogP contribution in [0.5, 0.6) is 5.75 Å². The molecule has 0 saturated carbocycles. The first-order valence-electron chi connectivity index (χ1n) is 11.5. The average molecular weight is 504 g/mol. The van der Waals surface area contributed by atoms with E-state index in [4.69, 9.17) is 14.2 Å². The topological polar surface area (TPSA) is 123 Å². The summed E-state index contributed by atoms with van der Waals surface area (Å²) in [5.74, 6) is -0.470. The lowest BCUT2D eigenvalue weighted by Crippen LogP contribution is -2.40. The minimum atomic E-state index is -4.12. The first-order valence-corrected chi connectivity index (χ1v) is 12.9. The summed E-state index contributed by atoms with van der Waals surface area (Å²) in [6.45, 7) is 2.68. The molecule has 2 heterocycles. The Hall–Kier alpha value is -3.15. The van der Waals surface area contributed by atoms with Crippen LogP contribution in [0.15, 0.2) is 47.4 Å². The Morgan fingerprint density at radius 1 is 1.09 bits per heavy atom. The number of hydrogen-bond donors (Lipinski definition) is 2. The number of morpholine rings is 1. The molecule has 11 heteroatoms. The highest BCUT2D eigenvalue weighted by Crippen LogP contribution is 2.27. The Balaban J connectivity index is 1.55. The van der Waals surface area contributed by atoms with Gasteiger partial charge < -0.3 is 24.4 Å². The van der Waals surface area contributed by atoms with Gasteiger partial charge in [0.25, 0.3) is 21.8 Å². The summed E-state index contributed by atoms with van der Waals surface area (Å²) in [5, 5.41) is 2.81. The lowest BCUT2D eigenvalue weighted by Gasteiger charge is -2.27. The van der Waals surface area contributed by atoms with Crippen molar-refractivity contribution in [3.05, 3.63) is 53.6 Å². The highest BCUT2D eigenvalue weighted by molar-refractivity contribution is 7.92. The Morgan fingerprint density at radius 2 is 1.86 bits per heavy atom. The molecule has 0 unspecified atom stereocenters. The molecule has 0 aliphatic carbocycles. The monoisotopic (exact) mass is 503 g/mol. The van der Waals surface area contributed by atoms with Crippen LogP contribution < -0.4 is 14.8 Å². The molecule has 0 spiro atoms. The van der Waals surface area contributed by atoms with Crippen LogP contribution in [0.4, 0.5) is 5.69 Å². The molecule has 2 aromatic rings. The molecule has 10 nitrogen and oxygen atoms in total. The van der Waals surface area contributed by atoms with Gasteiger partial charge in [-0.25, -0.2) is 8.42 Å². The van der Waals surface area contributed by atoms with Gasteiger partial charge in [0.2, 0.25) is 0 Å². The highest BCUT2D eigenvalue weighted by atomic mass is 32.2. The normalized spacial score (nSPS) is 18.2. The van der Waals surface area contributed by atoms with Gasteiger partial charge >= 0.3 is 0 Å². The number of methoxy groups -OCH3 is 1. The number of ether oxygens (including phenoxy) is 3. The molecule has 2 aliphatic heterocycles. The minimum absolute atomic E-state index is 0.0375. The van der Waals surface area contributed by atoms with Gasteiger partial charge in [-0.2, -0.15) is 0 Å². The second-order valence-electron chi connectivity index (χ2n) is 8.26. The summed E-state index contributed by atoms with van der Waals surface area (Å²) in [6, 6.07) is 10.5. The maximum atomic E-state index is 13.2. The maximum absolute atomic E-state index is 13.2.